The summed E-state index contributed by atoms with van der Waals surface area (Å²) in [5, 5.41) is 19.6. The highest BCUT2D eigenvalue weighted by molar-refractivity contribution is 5.76. The Hall–Kier alpha value is -3.05. The average molecular weight is 381 g/mol. The number of ether oxygens (including phenoxy) is 1. The van der Waals surface area contributed by atoms with Crippen molar-refractivity contribution in [2.24, 2.45) is 5.73 Å². The van der Waals surface area contributed by atoms with Gasteiger partial charge in [0.05, 0.1) is 12.2 Å². The fourth-order valence-corrected chi connectivity index (χ4v) is 2.81. The van der Waals surface area contributed by atoms with E-state index in [2.05, 4.69) is 0 Å². The Balaban J connectivity index is 2.43. The molecule has 0 atom stereocenters. The van der Waals surface area contributed by atoms with Gasteiger partial charge >= 0.3 is 5.97 Å². The van der Waals surface area contributed by atoms with Gasteiger partial charge in [0.1, 0.15) is 11.5 Å². The Morgan fingerprint density at radius 3 is 2.46 bits per heavy atom. The van der Waals surface area contributed by atoms with Gasteiger partial charge in [-0.25, -0.2) is 0 Å². The molecule has 28 heavy (non-hydrogen) atoms. The van der Waals surface area contributed by atoms with Crippen LogP contribution in [-0.4, -0.2) is 16.2 Å². The number of aliphatic hydroxyl groups is 1. The first kappa shape index (κ1) is 21.3. The molecule has 0 aliphatic carbocycles. The van der Waals surface area contributed by atoms with Gasteiger partial charge in [-0.15, -0.1) is 0 Å². The second-order valence-electron chi connectivity index (χ2n) is 6.36. The maximum Gasteiger partial charge on any atom is 0.307 e. The largest absolute Gasteiger partial charge is 0.512 e. The highest BCUT2D eigenvalue weighted by atomic mass is 16.5. The van der Waals surface area contributed by atoms with Crippen LogP contribution < -0.4 is 10.5 Å². The summed E-state index contributed by atoms with van der Waals surface area (Å²) in [6, 6.07) is 14.8. The molecule has 2 rings (SSSR count). The number of hydrogen-bond donors (Lipinski definition) is 3. The maximum absolute atomic E-state index is 11.1. The van der Waals surface area contributed by atoms with Crippen molar-refractivity contribution < 1.29 is 19.7 Å². The molecule has 0 saturated heterocycles. The molecule has 0 aliphatic rings. The van der Waals surface area contributed by atoms with E-state index in [1.807, 2.05) is 44.2 Å². The number of benzene rings is 2. The van der Waals surface area contributed by atoms with E-state index in [4.69, 9.17) is 15.6 Å². The van der Waals surface area contributed by atoms with E-state index in [9.17, 15) is 9.90 Å². The van der Waals surface area contributed by atoms with Crippen molar-refractivity contribution in [3.63, 3.8) is 0 Å². The lowest BCUT2D eigenvalue weighted by Crippen LogP contribution is -2.04. The smallest absolute Gasteiger partial charge is 0.307 e. The molecule has 2 aromatic carbocycles. The summed E-state index contributed by atoms with van der Waals surface area (Å²) in [4.78, 5) is 11.1. The highest BCUT2D eigenvalue weighted by Crippen LogP contribution is 2.27. The zero-order valence-corrected chi connectivity index (χ0v) is 16.3. The number of carboxylic acids is 1. The lowest BCUT2D eigenvalue weighted by molar-refractivity contribution is -0.136. The van der Waals surface area contributed by atoms with E-state index in [1.54, 1.807) is 24.3 Å². The van der Waals surface area contributed by atoms with E-state index < -0.39 is 5.97 Å². The summed E-state index contributed by atoms with van der Waals surface area (Å²) in [6.45, 7) is 4.24. The zero-order valence-electron chi connectivity index (χ0n) is 16.3. The van der Waals surface area contributed by atoms with Crippen LogP contribution in [0.4, 0.5) is 0 Å². The lowest BCUT2D eigenvalue weighted by Gasteiger charge is -2.14. The van der Waals surface area contributed by atoms with E-state index in [1.165, 1.54) is 0 Å². The van der Waals surface area contributed by atoms with Gasteiger partial charge in [0.15, 0.2) is 0 Å². The van der Waals surface area contributed by atoms with Crippen molar-refractivity contribution in [3.8, 4) is 5.75 Å². The SMILES string of the molecule is CC/C(O)=C(\C=C(/CC)Oc1ccccc1CC(=O)O)c1cccc(CN)c1. The Bertz CT molecular complexity index is 884. The highest BCUT2D eigenvalue weighted by Gasteiger charge is 2.12. The van der Waals surface area contributed by atoms with Crippen LogP contribution in [0.3, 0.4) is 0 Å². The molecule has 5 nitrogen and oxygen atoms in total. The summed E-state index contributed by atoms with van der Waals surface area (Å²) in [5.74, 6) is 0.471. The van der Waals surface area contributed by atoms with E-state index >= 15 is 0 Å². The molecule has 0 bridgehead atoms. The fraction of sp³-hybridized carbons (Fsp3) is 0.261. The minimum absolute atomic E-state index is 0.116. The van der Waals surface area contributed by atoms with Crippen LogP contribution >= 0.6 is 0 Å². The molecule has 148 valence electrons. The molecule has 0 radical (unpaired) electrons. The van der Waals surface area contributed by atoms with Crippen LogP contribution in [0.1, 0.15) is 43.4 Å². The third-order valence-corrected chi connectivity index (χ3v) is 4.33. The number of aliphatic carboxylic acids is 1. The van der Waals surface area contributed by atoms with Gasteiger partial charge in [-0.3, -0.25) is 4.79 Å². The first-order valence-corrected chi connectivity index (χ1v) is 9.38. The van der Waals surface area contributed by atoms with Crippen molar-refractivity contribution in [1.82, 2.24) is 0 Å². The second-order valence-corrected chi connectivity index (χ2v) is 6.36. The van der Waals surface area contributed by atoms with Gasteiger partial charge in [0.25, 0.3) is 0 Å². The van der Waals surface area contributed by atoms with Gasteiger partial charge < -0.3 is 20.7 Å². The Kier molecular flexibility index (Phi) is 7.84. The van der Waals surface area contributed by atoms with Crippen LogP contribution in [0.15, 0.2) is 66.1 Å². The van der Waals surface area contributed by atoms with Crippen molar-refractivity contribution in [2.45, 2.75) is 39.7 Å². The molecular weight excluding hydrogens is 354 g/mol. The minimum Gasteiger partial charge on any atom is -0.512 e. The summed E-state index contributed by atoms with van der Waals surface area (Å²) < 4.78 is 6.03. The molecule has 0 fully saturated rings. The number of rotatable bonds is 9. The molecule has 0 saturated carbocycles. The van der Waals surface area contributed by atoms with E-state index in [0.717, 1.165) is 11.1 Å². The Morgan fingerprint density at radius 2 is 1.82 bits per heavy atom. The summed E-state index contributed by atoms with van der Waals surface area (Å²) >= 11 is 0. The number of carboxylic acid groups (broad SMARTS) is 1. The van der Waals surface area contributed by atoms with Gasteiger partial charge in [0.2, 0.25) is 0 Å². The summed E-state index contributed by atoms with van der Waals surface area (Å²) in [7, 11) is 0. The van der Waals surface area contributed by atoms with Gasteiger partial charge in [-0.2, -0.15) is 0 Å². The van der Waals surface area contributed by atoms with Crippen LogP contribution in [0, 0.1) is 0 Å². The van der Waals surface area contributed by atoms with Crippen LogP contribution in [0.5, 0.6) is 5.75 Å². The molecule has 5 heteroatoms. The van der Waals surface area contributed by atoms with Crippen LogP contribution in [0.2, 0.25) is 0 Å². The van der Waals surface area contributed by atoms with E-state index in [-0.39, 0.29) is 12.2 Å². The minimum atomic E-state index is -0.916. The number of allylic oxidation sites excluding steroid dienone is 4. The second kappa shape index (κ2) is 10.3. The maximum atomic E-state index is 11.1. The van der Waals surface area contributed by atoms with E-state index in [0.29, 0.717) is 42.0 Å². The topological polar surface area (TPSA) is 92.8 Å². The first-order valence-electron chi connectivity index (χ1n) is 9.38. The van der Waals surface area contributed by atoms with Gasteiger partial charge in [0, 0.05) is 30.5 Å². The van der Waals surface area contributed by atoms with Crippen molar-refractivity contribution in [2.75, 3.05) is 0 Å². The number of nitrogens with two attached hydrogens (primary N) is 1. The summed E-state index contributed by atoms with van der Waals surface area (Å²) in [6.07, 6.45) is 2.75. The lowest BCUT2D eigenvalue weighted by atomic mass is 10.00. The van der Waals surface area contributed by atoms with Gasteiger partial charge in [-0.05, 0) is 29.3 Å². The monoisotopic (exact) mass is 381 g/mol. The fourth-order valence-electron chi connectivity index (χ4n) is 2.81. The standard InChI is InChI=1S/C23H27NO4/c1-3-19(28-22-11-6-5-9-18(22)13-23(26)27)14-20(21(25)4-2)17-10-7-8-16(12-17)15-24/h5-12,14,25H,3-4,13,15,24H2,1-2H3,(H,26,27)/b19-14+,21-20-. The van der Waals surface area contributed by atoms with Crippen molar-refractivity contribution >= 4 is 11.5 Å². The quantitative estimate of drug-likeness (QED) is 0.427. The Labute approximate surface area is 165 Å². The normalized spacial score (nSPS) is 12.5. The number of para-hydroxylation sites is 1. The van der Waals surface area contributed by atoms with Gasteiger partial charge in [-0.1, -0.05) is 50.2 Å². The van der Waals surface area contributed by atoms with Crippen molar-refractivity contribution in [3.05, 3.63) is 82.8 Å². The molecule has 0 heterocycles. The number of hydrogen-bond acceptors (Lipinski definition) is 4. The average Bonchev–Trinajstić information content (AvgIpc) is 2.71. The third kappa shape index (κ3) is 5.72. The Morgan fingerprint density at radius 1 is 1.07 bits per heavy atom. The number of carbonyl (C=O) groups is 1. The third-order valence-electron chi connectivity index (χ3n) is 4.33. The molecular formula is C23H27NO4. The molecule has 4 N–H and O–H groups in total. The molecule has 0 unspecified atom stereocenters. The zero-order chi connectivity index (χ0) is 20.5. The van der Waals surface area contributed by atoms with Crippen LogP contribution in [-0.2, 0) is 17.8 Å². The summed E-state index contributed by atoms with van der Waals surface area (Å²) in [5.41, 5.74) is 8.85. The molecule has 0 aromatic heterocycles. The predicted molar refractivity (Wildman–Crippen MR) is 111 cm³/mol. The van der Waals surface area contributed by atoms with Crippen molar-refractivity contribution in [1.29, 1.82) is 0 Å². The van der Waals surface area contributed by atoms with Crippen LogP contribution in [0.25, 0.3) is 5.57 Å². The molecule has 0 spiro atoms. The number of aliphatic hydroxyl groups excluding tert-OH is 1. The molecule has 0 aliphatic heterocycles. The molecule has 2 aromatic rings. The predicted octanol–water partition coefficient (Wildman–Crippen LogP) is 4.82. The first-order chi connectivity index (χ1) is 13.5. The molecule has 0 amide bonds.